The largest absolute Gasteiger partial charge is 0.346 e. The molecule has 0 radical (unpaired) electrons. The van der Waals surface area contributed by atoms with E-state index in [1.54, 1.807) is 0 Å². The molecule has 0 heterocycles. The zero-order valence-electron chi connectivity index (χ0n) is 15.7. The van der Waals surface area contributed by atoms with E-state index in [9.17, 15) is 4.79 Å². The highest BCUT2D eigenvalue weighted by atomic mass is 16.2. The number of carbonyl (C=O) groups is 1. The average Bonchev–Trinajstić information content (AvgIpc) is 2.51. The van der Waals surface area contributed by atoms with Crippen LogP contribution in [0.1, 0.15) is 110 Å². The minimum absolute atomic E-state index is 0.324. The minimum atomic E-state index is 0.324. The molecule has 0 unspecified atom stereocenters. The molecule has 0 N–H and O–H groups in total. The van der Waals surface area contributed by atoms with Gasteiger partial charge in [-0.15, -0.1) is 0 Å². The van der Waals surface area contributed by atoms with E-state index in [0.29, 0.717) is 5.91 Å². The lowest BCUT2D eigenvalue weighted by molar-refractivity contribution is -0.130. The maximum Gasteiger partial charge on any atom is 0.222 e. The zero-order chi connectivity index (χ0) is 16.5. The molecule has 0 atom stereocenters. The smallest absolute Gasteiger partial charge is 0.222 e. The molecule has 0 aromatic rings. The van der Waals surface area contributed by atoms with Gasteiger partial charge in [-0.1, -0.05) is 90.9 Å². The highest BCUT2D eigenvalue weighted by Gasteiger charge is 2.06. The molecule has 0 aromatic carbocycles. The summed E-state index contributed by atoms with van der Waals surface area (Å²) in [5.41, 5.74) is 0. The Morgan fingerprint density at radius 3 is 1.45 bits per heavy atom. The van der Waals surface area contributed by atoms with Gasteiger partial charge in [0.15, 0.2) is 0 Å². The Morgan fingerprint density at radius 1 is 0.636 bits per heavy atom. The molecule has 1 amide bonds. The first-order chi connectivity index (χ1) is 10.7. The summed E-state index contributed by atoms with van der Waals surface area (Å²) in [6.45, 7) is 5.30. The van der Waals surface area contributed by atoms with Crippen LogP contribution in [0.15, 0.2) is 0 Å². The third-order valence-corrected chi connectivity index (χ3v) is 4.48. The molecule has 0 aliphatic rings. The molecule has 0 fully saturated rings. The van der Waals surface area contributed by atoms with Gasteiger partial charge in [-0.25, -0.2) is 0 Å². The van der Waals surface area contributed by atoms with E-state index in [1.807, 2.05) is 11.9 Å². The first-order valence-electron chi connectivity index (χ1n) is 9.96. The van der Waals surface area contributed by atoms with Crippen LogP contribution in [0.4, 0.5) is 0 Å². The molecule has 2 nitrogen and oxygen atoms in total. The van der Waals surface area contributed by atoms with Gasteiger partial charge in [0.25, 0.3) is 0 Å². The monoisotopic (exact) mass is 311 g/mol. The molecule has 0 saturated carbocycles. The summed E-state index contributed by atoms with van der Waals surface area (Å²) in [4.78, 5) is 13.6. The van der Waals surface area contributed by atoms with E-state index >= 15 is 0 Å². The van der Waals surface area contributed by atoms with Crippen LogP contribution in [0.3, 0.4) is 0 Å². The van der Waals surface area contributed by atoms with Gasteiger partial charge >= 0.3 is 0 Å². The SMILES string of the molecule is CCCCCCCCCCCCCCCC(=O)N(C)CCC. The second kappa shape index (κ2) is 16.8. The van der Waals surface area contributed by atoms with Crippen molar-refractivity contribution >= 4 is 5.91 Å². The van der Waals surface area contributed by atoms with E-state index in [1.165, 1.54) is 77.0 Å². The zero-order valence-corrected chi connectivity index (χ0v) is 15.7. The van der Waals surface area contributed by atoms with E-state index in [-0.39, 0.29) is 0 Å². The number of hydrogen-bond donors (Lipinski definition) is 0. The van der Waals surface area contributed by atoms with Crippen molar-refractivity contribution in [3.05, 3.63) is 0 Å². The van der Waals surface area contributed by atoms with Crippen molar-refractivity contribution in [3.63, 3.8) is 0 Å². The molecule has 22 heavy (non-hydrogen) atoms. The molecule has 2 heteroatoms. The van der Waals surface area contributed by atoms with Gasteiger partial charge in [0, 0.05) is 20.0 Å². The number of amides is 1. The van der Waals surface area contributed by atoms with Gasteiger partial charge in [0.1, 0.15) is 0 Å². The molecule has 0 rings (SSSR count). The van der Waals surface area contributed by atoms with Gasteiger partial charge in [0.2, 0.25) is 5.91 Å². The summed E-state index contributed by atoms with van der Waals surface area (Å²) in [7, 11) is 1.92. The van der Waals surface area contributed by atoms with E-state index in [0.717, 1.165) is 25.8 Å². The lowest BCUT2D eigenvalue weighted by Crippen LogP contribution is -2.26. The normalized spacial score (nSPS) is 10.9. The van der Waals surface area contributed by atoms with Crippen LogP contribution < -0.4 is 0 Å². The van der Waals surface area contributed by atoms with E-state index < -0.39 is 0 Å². The van der Waals surface area contributed by atoms with E-state index in [2.05, 4.69) is 13.8 Å². The number of rotatable bonds is 16. The fourth-order valence-corrected chi connectivity index (χ4v) is 2.94. The lowest BCUT2D eigenvalue weighted by atomic mass is 10.0. The van der Waals surface area contributed by atoms with Crippen LogP contribution in [0.2, 0.25) is 0 Å². The van der Waals surface area contributed by atoms with Crippen LogP contribution in [0.5, 0.6) is 0 Å². The Labute approximate surface area is 140 Å². The van der Waals surface area contributed by atoms with Crippen LogP contribution >= 0.6 is 0 Å². The third-order valence-electron chi connectivity index (χ3n) is 4.48. The predicted octanol–water partition coefficient (Wildman–Crippen LogP) is 6.34. The summed E-state index contributed by atoms with van der Waals surface area (Å²) in [6.07, 6.45) is 19.5. The molecule has 0 aliphatic carbocycles. The second-order valence-electron chi connectivity index (χ2n) is 6.81. The van der Waals surface area contributed by atoms with Crippen molar-refractivity contribution in [2.45, 2.75) is 110 Å². The standard InChI is InChI=1S/C20H41NO/c1-4-6-7-8-9-10-11-12-13-14-15-16-17-18-20(22)21(3)19-5-2/h4-19H2,1-3H3. The van der Waals surface area contributed by atoms with Crippen LogP contribution in [0, 0.1) is 0 Å². The van der Waals surface area contributed by atoms with Crippen LogP contribution in [-0.4, -0.2) is 24.4 Å². The lowest BCUT2D eigenvalue weighted by Gasteiger charge is -2.15. The quantitative estimate of drug-likeness (QED) is 0.305. The first kappa shape index (κ1) is 21.5. The van der Waals surface area contributed by atoms with Crippen LogP contribution in [0.25, 0.3) is 0 Å². The summed E-state index contributed by atoms with van der Waals surface area (Å²) >= 11 is 0. The highest BCUT2D eigenvalue weighted by Crippen LogP contribution is 2.13. The summed E-state index contributed by atoms with van der Waals surface area (Å²) in [6, 6.07) is 0. The maximum absolute atomic E-state index is 11.8. The third kappa shape index (κ3) is 14.4. The molecule has 0 aromatic heterocycles. The molecule has 0 saturated heterocycles. The summed E-state index contributed by atoms with van der Waals surface area (Å²) < 4.78 is 0. The van der Waals surface area contributed by atoms with Crippen molar-refractivity contribution in [3.8, 4) is 0 Å². The topological polar surface area (TPSA) is 20.3 Å². The molecular weight excluding hydrogens is 270 g/mol. The Hall–Kier alpha value is -0.530. The molecule has 0 spiro atoms. The van der Waals surface area contributed by atoms with Crippen molar-refractivity contribution in [1.29, 1.82) is 0 Å². The van der Waals surface area contributed by atoms with Crippen molar-refractivity contribution < 1.29 is 4.79 Å². The number of unbranched alkanes of at least 4 members (excludes halogenated alkanes) is 12. The molecule has 0 aliphatic heterocycles. The Balaban J connectivity index is 3.16. The number of carbonyl (C=O) groups excluding carboxylic acids is 1. The van der Waals surface area contributed by atoms with Gasteiger partial charge in [-0.05, 0) is 12.8 Å². The highest BCUT2D eigenvalue weighted by molar-refractivity contribution is 5.75. The molecule has 0 bridgehead atoms. The molecule has 132 valence electrons. The summed E-state index contributed by atoms with van der Waals surface area (Å²) in [5.74, 6) is 0.324. The van der Waals surface area contributed by atoms with Gasteiger partial charge in [-0.2, -0.15) is 0 Å². The Kier molecular flexibility index (Phi) is 16.4. The predicted molar refractivity (Wildman–Crippen MR) is 98.2 cm³/mol. The maximum atomic E-state index is 11.8. The minimum Gasteiger partial charge on any atom is -0.346 e. The number of nitrogens with zero attached hydrogens (tertiary/aromatic N) is 1. The van der Waals surface area contributed by atoms with Gasteiger partial charge < -0.3 is 4.90 Å². The Morgan fingerprint density at radius 2 is 1.05 bits per heavy atom. The van der Waals surface area contributed by atoms with Crippen LogP contribution in [-0.2, 0) is 4.79 Å². The first-order valence-corrected chi connectivity index (χ1v) is 9.96. The van der Waals surface area contributed by atoms with Crippen molar-refractivity contribution in [1.82, 2.24) is 4.90 Å². The second-order valence-corrected chi connectivity index (χ2v) is 6.81. The van der Waals surface area contributed by atoms with Gasteiger partial charge in [-0.3, -0.25) is 4.79 Å². The molecular formula is C20H41NO. The van der Waals surface area contributed by atoms with Crippen molar-refractivity contribution in [2.24, 2.45) is 0 Å². The Bertz CT molecular complexity index is 240. The average molecular weight is 312 g/mol. The fourth-order valence-electron chi connectivity index (χ4n) is 2.94. The summed E-state index contributed by atoms with van der Waals surface area (Å²) in [5, 5.41) is 0. The van der Waals surface area contributed by atoms with Gasteiger partial charge in [0.05, 0.1) is 0 Å². The number of hydrogen-bond acceptors (Lipinski definition) is 1. The fraction of sp³-hybridized carbons (Fsp3) is 0.950. The van der Waals surface area contributed by atoms with Crippen molar-refractivity contribution in [2.75, 3.05) is 13.6 Å². The van der Waals surface area contributed by atoms with E-state index in [4.69, 9.17) is 0 Å².